The minimum atomic E-state index is -0.279. The first kappa shape index (κ1) is 13.1. The Labute approximate surface area is 120 Å². The molecule has 1 unspecified atom stereocenters. The van der Waals surface area contributed by atoms with Gasteiger partial charge in [0.1, 0.15) is 5.82 Å². The van der Waals surface area contributed by atoms with E-state index in [1.54, 1.807) is 18.2 Å². The van der Waals surface area contributed by atoms with E-state index in [0.717, 1.165) is 5.39 Å². The zero-order chi connectivity index (χ0) is 14.1. The Balaban J connectivity index is 2.15. The van der Waals surface area contributed by atoms with Crippen LogP contribution in [-0.2, 0) is 0 Å². The van der Waals surface area contributed by atoms with Gasteiger partial charge in [-0.25, -0.2) is 4.39 Å². The average molecular weight is 291 g/mol. The highest BCUT2D eigenvalue weighted by molar-refractivity contribution is 6.20. The Kier molecular flexibility index (Phi) is 3.40. The third-order valence-corrected chi connectivity index (χ3v) is 3.69. The molecule has 5 heteroatoms. The molecule has 0 radical (unpaired) electrons. The summed E-state index contributed by atoms with van der Waals surface area (Å²) in [5.74, 6) is 0.542. The van der Waals surface area contributed by atoms with Crippen LogP contribution in [-0.4, -0.2) is 10.1 Å². The second-order valence-corrected chi connectivity index (χ2v) is 5.00. The maximum absolute atomic E-state index is 13.8. The first-order valence-corrected chi connectivity index (χ1v) is 6.79. The summed E-state index contributed by atoms with van der Waals surface area (Å²) in [5, 5.41) is 4.87. The smallest absolute Gasteiger partial charge is 0.258 e. The van der Waals surface area contributed by atoms with Gasteiger partial charge in [-0.3, -0.25) is 0 Å². The molecule has 0 aliphatic heterocycles. The summed E-state index contributed by atoms with van der Waals surface area (Å²) in [4.78, 5) is 4.30. The van der Waals surface area contributed by atoms with E-state index in [1.165, 1.54) is 6.07 Å². The molecule has 0 spiro atoms. The lowest BCUT2D eigenvalue weighted by Gasteiger charge is -2.03. The van der Waals surface area contributed by atoms with E-state index < -0.39 is 0 Å². The largest absolute Gasteiger partial charge is 0.334 e. The lowest BCUT2D eigenvalue weighted by molar-refractivity contribution is 0.421. The standard InChI is InChI=1S/C15H12ClFN2O/c1-2-12(16)14-18-15(20-19-14)11-7-8-13(17)10-6-4-3-5-9(10)11/h3-8,12H,2H2,1H3. The Bertz CT molecular complexity index is 756. The molecule has 0 amide bonds. The summed E-state index contributed by atoms with van der Waals surface area (Å²) in [6, 6.07) is 10.2. The minimum Gasteiger partial charge on any atom is -0.334 e. The molecule has 1 atom stereocenters. The number of halogens is 2. The van der Waals surface area contributed by atoms with E-state index in [0.29, 0.717) is 29.1 Å². The average Bonchev–Trinajstić information content (AvgIpc) is 2.97. The molecule has 2 aromatic carbocycles. The van der Waals surface area contributed by atoms with Crippen LogP contribution in [0.1, 0.15) is 24.5 Å². The molecule has 0 fully saturated rings. The third kappa shape index (κ3) is 2.16. The molecule has 1 aromatic heterocycles. The summed E-state index contributed by atoms with van der Waals surface area (Å²) >= 11 is 6.09. The number of aromatic nitrogens is 2. The van der Waals surface area contributed by atoms with E-state index >= 15 is 0 Å². The van der Waals surface area contributed by atoms with Crippen LogP contribution in [0.4, 0.5) is 4.39 Å². The highest BCUT2D eigenvalue weighted by Crippen LogP contribution is 2.30. The molecule has 0 bridgehead atoms. The normalized spacial score (nSPS) is 12.8. The van der Waals surface area contributed by atoms with Gasteiger partial charge in [0.05, 0.1) is 5.38 Å². The predicted molar refractivity (Wildman–Crippen MR) is 76.1 cm³/mol. The van der Waals surface area contributed by atoms with E-state index in [-0.39, 0.29) is 11.2 Å². The summed E-state index contributed by atoms with van der Waals surface area (Å²) in [7, 11) is 0. The van der Waals surface area contributed by atoms with Crippen molar-refractivity contribution >= 4 is 22.4 Å². The summed E-state index contributed by atoms with van der Waals surface area (Å²) < 4.78 is 19.0. The Morgan fingerprint density at radius 1 is 1.20 bits per heavy atom. The van der Waals surface area contributed by atoms with Crippen molar-refractivity contribution in [3.63, 3.8) is 0 Å². The van der Waals surface area contributed by atoms with Gasteiger partial charge >= 0.3 is 0 Å². The highest BCUT2D eigenvalue weighted by Gasteiger charge is 2.17. The van der Waals surface area contributed by atoms with Crippen molar-refractivity contribution in [3.05, 3.63) is 48.0 Å². The monoisotopic (exact) mass is 290 g/mol. The maximum atomic E-state index is 13.8. The van der Waals surface area contributed by atoms with Crippen LogP contribution >= 0.6 is 11.6 Å². The van der Waals surface area contributed by atoms with Crippen molar-refractivity contribution in [1.82, 2.24) is 10.1 Å². The van der Waals surface area contributed by atoms with Gasteiger partial charge in [-0.05, 0) is 23.9 Å². The van der Waals surface area contributed by atoms with Crippen LogP contribution < -0.4 is 0 Å². The molecule has 3 aromatic rings. The first-order valence-electron chi connectivity index (χ1n) is 6.36. The van der Waals surface area contributed by atoms with Crippen LogP contribution in [0.25, 0.3) is 22.2 Å². The number of alkyl halides is 1. The summed E-state index contributed by atoms with van der Waals surface area (Å²) in [5.41, 5.74) is 0.709. The Morgan fingerprint density at radius 3 is 2.70 bits per heavy atom. The lowest BCUT2D eigenvalue weighted by Crippen LogP contribution is -1.91. The van der Waals surface area contributed by atoms with Crippen LogP contribution in [0.3, 0.4) is 0 Å². The van der Waals surface area contributed by atoms with Gasteiger partial charge in [-0.15, -0.1) is 11.6 Å². The number of hydrogen-bond acceptors (Lipinski definition) is 3. The van der Waals surface area contributed by atoms with Crippen molar-refractivity contribution in [3.8, 4) is 11.5 Å². The Morgan fingerprint density at radius 2 is 1.95 bits per heavy atom. The second-order valence-electron chi connectivity index (χ2n) is 4.47. The zero-order valence-corrected chi connectivity index (χ0v) is 11.6. The van der Waals surface area contributed by atoms with Crippen LogP contribution in [0, 0.1) is 5.82 Å². The Hall–Kier alpha value is -1.94. The first-order chi connectivity index (χ1) is 9.70. The fourth-order valence-corrected chi connectivity index (χ4v) is 2.19. The maximum Gasteiger partial charge on any atom is 0.258 e. The fraction of sp³-hybridized carbons (Fsp3) is 0.200. The molecule has 20 heavy (non-hydrogen) atoms. The van der Waals surface area contributed by atoms with E-state index in [4.69, 9.17) is 16.1 Å². The number of hydrogen-bond donors (Lipinski definition) is 0. The predicted octanol–water partition coefficient (Wildman–Crippen LogP) is 4.72. The number of fused-ring (bicyclic) bond motifs is 1. The van der Waals surface area contributed by atoms with Crippen LogP contribution in [0.2, 0.25) is 0 Å². The molecule has 1 heterocycles. The van der Waals surface area contributed by atoms with Crippen LogP contribution in [0.5, 0.6) is 0 Å². The molecular formula is C15H12ClFN2O. The molecule has 3 rings (SSSR count). The molecule has 0 aliphatic carbocycles. The van der Waals surface area contributed by atoms with Crippen molar-refractivity contribution in [1.29, 1.82) is 0 Å². The van der Waals surface area contributed by atoms with Gasteiger partial charge in [0, 0.05) is 10.9 Å². The fourth-order valence-electron chi connectivity index (χ4n) is 2.10. The van der Waals surface area contributed by atoms with E-state index in [1.807, 2.05) is 19.1 Å². The second kappa shape index (κ2) is 5.21. The highest BCUT2D eigenvalue weighted by atomic mass is 35.5. The number of rotatable bonds is 3. The quantitative estimate of drug-likeness (QED) is 0.655. The van der Waals surface area contributed by atoms with E-state index in [2.05, 4.69) is 10.1 Å². The molecular weight excluding hydrogens is 279 g/mol. The topological polar surface area (TPSA) is 38.9 Å². The van der Waals surface area contributed by atoms with Gasteiger partial charge in [0.25, 0.3) is 5.89 Å². The van der Waals surface area contributed by atoms with E-state index in [9.17, 15) is 4.39 Å². The molecule has 3 nitrogen and oxygen atoms in total. The minimum absolute atomic E-state index is 0.270. The van der Waals surface area contributed by atoms with Crippen LogP contribution in [0.15, 0.2) is 40.9 Å². The van der Waals surface area contributed by atoms with Gasteiger partial charge in [-0.1, -0.05) is 36.3 Å². The zero-order valence-electron chi connectivity index (χ0n) is 10.8. The SMILES string of the molecule is CCC(Cl)c1noc(-c2ccc(F)c3ccccc23)n1. The summed E-state index contributed by atoms with van der Waals surface area (Å²) in [6.07, 6.45) is 0.713. The van der Waals surface area contributed by atoms with Gasteiger partial charge < -0.3 is 4.52 Å². The molecule has 0 saturated carbocycles. The van der Waals surface area contributed by atoms with Crippen molar-refractivity contribution in [2.24, 2.45) is 0 Å². The van der Waals surface area contributed by atoms with Gasteiger partial charge in [0.2, 0.25) is 0 Å². The molecule has 0 saturated heterocycles. The number of nitrogens with zero attached hydrogens (tertiary/aromatic N) is 2. The molecule has 0 N–H and O–H groups in total. The molecule has 0 aliphatic rings. The van der Waals surface area contributed by atoms with Gasteiger partial charge in [0.15, 0.2) is 5.82 Å². The van der Waals surface area contributed by atoms with Crippen molar-refractivity contribution < 1.29 is 8.91 Å². The van der Waals surface area contributed by atoms with Gasteiger partial charge in [-0.2, -0.15) is 4.98 Å². The molecule has 102 valence electrons. The summed E-state index contributed by atoms with van der Waals surface area (Å²) in [6.45, 7) is 1.95. The third-order valence-electron chi connectivity index (χ3n) is 3.18. The van der Waals surface area contributed by atoms with Crippen molar-refractivity contribution in [2.75, 3.05) is 0 Å². The van der Waals surface area contributed by atoms with Crippen molar-refractivity contribution in [2.45, 2.75) is 18.7 Å². The lowest BCUT2D eigenvalue weighted by atomic mass is 10.0. The number of benzene rings is 2.